The fourth-order valence-corrected chi connectivity index (χ4v) is 2.49. The van der Waals surface area contributed by atoms with Crippen LogP contribution in [0.25, 0.3) is 11.6 Å². The highest BCUT2D eigenvalue weighted by atomic mass is 35.5. The van der Waals surface area contributed by atoms with E-state index >= 15 is 0 Å². The van der Waals surface area contributed by atoms with Gasteiger partial charge in [0.05, 0.1) is 12.5 Å². The highest BCUT2D eigenvalue weighted by Gasteiger charge is 2.21. The van der Waals surface area contributed by atoms with Gasteiger partial charge in [0.2, 0.25) is 11.8 Å². The number of nitrogens with one attached hydrogen (secondary N) is 1. The van der Waals surface area contributed by atoms with Crippen molar-refractivity contribution in [2.75, 3.05) is 5.32 Å². The van der Waals surface area contributed by atoms with Crippen molar-refractivity contribution in [1.29, 1.82) is 0 Å². The second-order valence-electron chi connectivity index (χ2n) is 5.41. The third kappa shape index (κ3) is 3.25. The smallest absolute Gasteiger partial charge is 0.317 e. The van der Waals surface area contributed by atoms with Crippen LogP contribution in [0.2, 0.25) is 5.02 Å². The zero-order valence-electron chi connectivity index (χ0n) is 13.4. The van der Waals surface area contributed by atoms with E-state index in [1.54, 1.807) is 36.4 Å². The lowest BCUT2D eigenvalue weighted by atomic mass is 10.2. The fourth-order valence-electron chi connectivity index (χ4n) is 2.37. The average molecular weight is 369 g/mol. The molecule has 4 aromatic rings. The fraction of sp³-hybridized carbons (Fsp3) is 0.0556. The summed E-state index contributed by atoms with van der Waals surface area (Å²) in [5.74, 6) is 0.779. The largest absolute Gasteiger partial charge is 0.461 e. The summed E-state index contributed by atoms with van der Waals surface area (Å²) in [5, 5.41) is 8.03. The van der Waals surface area contributed by atoms with Crippen LogP contribution in [-0.4, -0.2) is 20.7 Å². The number of aromatic nitrogens is 3. The van der Waals surface area contributed by atoms with Gasteiger partial charge in [-0.15, -0.1) is 5.10 Å². The van der Waals surface area contributed by atoms with Crippen LogP contribution in [0.1, 0.15) is 16.1 Å². The van der Waals surface area contributed by atoms with Crippen LogP contribution in [0.15, 0.2) is 69.9 Å². The standard InChI is InChI=1S/C18H13ClN4O3/c19-13-7-5-12(6-8-13)11-20-18-21-16(14-3-1-9-25-14)22-23(18)17(24)15-4-2-10-26-15/h1-10H,11H2,(H,20,21,22). The van der Waals surface area contributed by atoms with E-state index in [1.165, 1.54) is 12.5 Å². The van der Waals surface area contributed by atoms with Crippen LogP contribution in [0.3, 0.4) is 0 Å². The van der Waals surface area contributed by atoms with Crippen LogP contribution in [0.4, 0.5) is 5.95 Å². The normalized spacial score (nSPS) is 10.8. The van der Waals surface area contributed by atoms with Crippen molar-refractivity contribution < 1.29 is 13.6 Å². The first-order chi connectivity index (χ1) is 12.7. The molecule has 0 saturated carbocycles. The van der Waals surface area contributed by atoms with Gasteiger partial charge in [-0.05, 0) is 42.0 Å². The van der Waals surface area contributed by atoms with Crippen molar-refractivity contribution >= 4 is 23.5 Å². The molecule has 0 amide bonds. The first kappa shape index (κ1) is 16.2. The molecular weight excluding hydrogens is 356 g/mol. The number of carbonyl (C=O) groups is 1. The maximum Gasteiger partial charge on any atom is 0.317 e. The third-order valence-corrected chi connectivity index (χ3v) is 3.89. The van der Waals surface area contributed by atoms with E-state index in [9.17, 15) is 4.79 Å². The van der Waals surface area contributed by atoms with Crippen molar-refractivity contribution in [3.05, 3.63) is 77.4 Å². The molecule has 8 heteroatoms. The highest BCUT2D eigenvalue weighted by Crippen LogP contribution is 2.20. The van der Waals surface area contributed by atoms with Crippen LogP contribution < -0.4 is 5.32 Å². The topological polar surface area (TPSA) is 86.1 Å². The van der Waals surface area contributed by atoms with Crippen LogP contribution >= 0.6 is 11.6 Å². The summed E-state index contributed by atoms with van der Waals surface area (Å²) in [4.78, 5) is 17.0. The number of benzene rings is 1. The van der Waals surface area contributed by atoms with Gasteiger partial charge in [0.15, 0.2) is 11.5 Å². The first-order valence-corrected chi connectivity index (χ1v) is 8.16. The van der Waals surface area contributed by atoms with E-state index in [0.717, 1.165) is 10.2 Å². The molecule has 0 saturated heterocycles. The average Bonchev–Trinajstić information content (AvgIpc) is 3.41. The van der Waals surface area contributed by atoms with Crippen molar-refractivity contribution in [2.45, 2.75) is 6.54 Å². The Hall–Kier alpha value is -3.32. The number of furan rings is 2. The predicted octanol–water partition coefficient (Wildman–Crippen LogP) is 4.09. The molecule has 1 N–H and O–H groups in total. The van der Waals surface area contributed by atoms with Crippen LogP contribution in [0.5, 0.6) is 0 Å². The number of rotatable bonds is 5. The summed E-state index contributed by atoms with van der Waals surface area (Å²) in [7, 11) is 0. The lowest BCUT2D eigenvalue weighted by molar-refractivity contribution is 0.0919. The van der Waals surface area contributed by atoms with E-state index < -0.39 is 5.91 Å². The summed E-state index contributed by atoms with van der Waals surface area (Å²) in [5.41, 5.74) is 0.981. The van der Waals surface area contributed by atoms with E-state index in [4.69, 9.17) is 20.4 Å². The summed E-state index contributed by atoms with van der Waals surface area (Å²) < 4.78 is 11.7. The number of hydrogen-bond acceptors (Lipinski definition) is 6. The first-order valence-electron chi connectivity index (χ1n) is 7.78. The zero-order valence-corrected chi connectivity index (χ0v) is 14.2. The van der Waals surface area contributed by atoms with Gasteiger partial charge in [-0.2, -0.15) is 9.67 Å². The number of carbonyl (C=O) groups excluding carboxylic acids is 1. The van der Waals surface area contributed by atoms with Crippen molar-refractivity contribution in [1.82, 2.24) is 14.8 Å². The molecule has 1 aromatic carbocycles. The lowest BCUT2D eigenvalue weighted by Crippen LogP contribution is -2.17. The number of nitrogens with zero attached hydrogens (tertiary/aromatic N) is 3. The minimum atomic E-state index is -0.432. The number of anilines is 1. The molecule has 0 spiro atoms. The van der Waals surface area contributed by atoms with Gasteiger partial charge in [-0.3, -0.25) is 4.79 Å². The van der Waals surface area contributed by atoms with E-state index in [1.807, 2.05) is 12.1 Å². The summed E-state index contributed by atoms with van der Waals surface area (Å²) >= 11 is 5.90. The van der Waals surface area contributed by atoms with Crippen molar-refractivity contribution in [3.8, 4) is 11.6 Å². The van der Waals surface area contributed by atoms with Crippen LogP contribution in [0, 0.1) is 0 Å². The Bertz CT molecular complexity index is 1010. The Labute approximate surface area is 153 Å². The molecule has 0 unspecified atom stereocenters. The maximum absolute atomic E-state index is 12.6. The van der Waals surface area contributed by atoms with E-state index in [2.05, 4.69) is 15.4 Å². The highest BCUT2D eigenvalue weighted by molar-refractivity contribution is 6.30. The molecule has 0 bridgehead atoms. The molecule has 130 valence electrons. The number of halogens is 1. The molecule has 7 nitrogen and oxygen atoms in total. The van der Waals surface area contributed by atoms with Gasteiger partial charge in [0.1, 0.15) is 0 Å². The molecule has 3 aromatic heterocycles. The van der Waals surface area contributed by atoms with E-state index in [-0.39, 0.29) is 11.7 Å². The van der Waals surface area contributed by atoms with Gasteiger partial charge in [0, 0.05) is 11.6 Å². The molecule has 0 atom stereocenters. The predicted molar refractivity (Wildman–Crippen MR) is 94.9 cm³/mol. The lowest BCUT2D eigenvalue weighted by Gasteiger charge is -2.06. The SMILES string of the molecule is O=C(c1ccco1)n1nc(-c2ccco2)nc1NCc1ccc(Cl)cc1. The summed E-state index contributed by atoms with van der Waals surface area (Å²) in [6.45, 7) is 0.443. The Morgan fingerprint density at radius 2 is 1.85 bits per heavy atom. The molecule has 4 rings (SSSR count). The Kier molecular flexibility index (Phi) is 4.28. The van der Waals surface area contributed by atoms with Gasteiger partial charge >= 0.3 is 5.91 Å². The molecule has 0 aliphatic heterocycles. The third-order valence-electron chi connectivity index (χ3n) is 3.64. The van der Waals surface area contributed by atoms with Gasteiger partial charge in [0.25, 0.3) is 0 Å². The monoisotopic (exact) mass is 368 g/mol. The Morgan fingerprint density at radius 3 is 2.54 bits per heavy atom. The zero-order chi connectivity index (χ0) is 17.9. The molecule has 0 aliphatic rings. The maximum atomic E-state index is 12.6. The van der Waals surface area contributed by atoms with E-state index in [0.29, 0.717) is 23.2 Å². The van der Waals surface area contributed by atoms with Crippen LogP contribution in [-0.2, 0) is 6.54 Å². The van der Waals surface area contributed by atoms with Gasteiger partial charge < -0.3 is 14.2 Å². The minimum absolute atomic E-state index is 0.162. The Balaban J connectivity index is 1.65. The Morgan fingerprint density at radius 1 is 1.08 bits per heavy atom. The quantitative estimate of drug-likeness (QED) is 0.571. The molecular formula is C18H13ClN4O3. The summed E-state index contributed by atoms with van der Waals surface area (Å²) in [6, 6.07) is 14.0. The molecule has 3 heterocycles. The second kappa shape index (κ2) is 6.89. The molecule has 0 fully saturated rings. The van der Waals surface area contributed by atoms with Crippen molar-refractivity contribution in [2.24, 2.45) is 0 Å². The summed E-state index contributed by atoms with van der Waals surface area (Å²) in [6.07, 6.45) is 2.95. The molecule has 0 aliphatic carbocycles. The molecule has 0 radical (unpaired) electrons. The number of hydrogen-bond donors (Lipinski definition) is 1. The van der Waals surface area contributed by atoms with Gasteiger partial charge in [-0.25, -0.2) is 0 Å². The second-order valence-corrected chi connectivity index (χ2v) is 5.85. The van der Waals surface area contributed by atoms with Crippen molar-refractivity contribution in [3.63, 3.8) is 0 Å². The van der Waals surface area contributed by atoms with Gasteiger partial charge in [-0.1, -0.05) is 23.7 Å². The molecule has 26 heavy (non-hydrogen) atoms. The minimum Gasteiger partial charge on any atom is -0.461 e.